The maximum atomic E-state index is 15.8. The molecule has 1 amide bonds. The van der Waals surface area contributed by atoms with Crippen LogP contribution in [-0.2, 0) is 27.8 Å². The number of nitrogens with one attached hydrogen (secondary N) is 1. The zero-order chi connectivity index (χ0) is 32.8. The van der Waals surface area contributed by atoms with Gasteiger partial charge in [-0.2, -0.15) is 0 Å². The highest BCUT2D eigenvalue weighted by atomic mass is 35.5. The fraction of sp³-hybridized carbons (Fsp3) is 0.514. The van der Waals surface area contributed by atoms with Crippen LogP contribution in [-0.4, -0.2) is 75.3 Å². The van der Waals surface area contributed by atoms with E-state index >= 15 is 4.39 Å². The van der Waals surface area contributed by atoms with Crippen LogP contribution in [0.15, 0.2) is 42.6 Å². The number of carbonyl (C=O) groups excluding carboxylic acids is 2. The van der Waals surface area contributed by atoms with Crippen LogP contribution in [0.5, 0.6) is 0 Å². The normalized spacial score (nSPS) is 23.2. The number of para-hydroxylation sites is 1. The number of carboxylic acid groups (broad SMARTS) is 1. The van der Waals surface area contributed by atoms with Crippen molar-refractivity contribution in [2.75, 3.05) is 31.5 Å². The maximum Gasteiger partial charge on any atom is 0.306 e. The number of aliphatic carboxylic acids is 1. The number of amides is 1. The average Bonchev–Trinajstić information content (AvgIpc) is 3.66. The van der Waals surface area contributed by atoms with Crippen molar-refractivity contribution in [1.82, 2.24) is 14.4 Å². The molecule has 246 valence electrons. The van der Waals surface area contributed by atoms with E-state index in [-0.39, 0.29) is 40.0 Å². The van der Waals surface area contributed by atoms with Gasteiger partial charge in [-0.1, -0.05) is 43.6 Å². The molecule has 0 radical (unpaired) electrons. The number of hydrogen-bond donors (Lipinski definition) is 2. The number of aromatic nitrogens is 1. The van der Waals surface area contributed by atoms with Crippen LogP contribution in [0.4, 0.5) is 10.1 Å². The van der Waals surface area contributed by atoms with E-state index in [9.17, 15) is 19.5 Å². The predicted octanol–water partition coefficient (Wildman–Crippen LogP) is 6.09. The number of halogens is 2. The Kier molecular flexibility index (Phi) is 9.02. The van der Waals surface area contributed by atoms with E-state index in [1.165, 1.54) is 12.1 Å². The highest BCUT2D eigenvalue weighted by Gasteiger charge is 2.57. The predicted molar refractivity (Wildman–Crippen MR) is 174 cm³/mol. The fourth-order valence-electron chi connectivity index (χ4n) is 7.47. The lowest BCUT2D eigenvalue weighted by Crippen LogP contribution is -2.74. The number of benzene rings is 2. The number of hydrogen-bond acceptors (Lipinski definition) is 6. The van der Waals surface area contributed by atoms with Crippen LogP contribution < -0.4 is 5.32 Å². The van der Waals surface area contributed by atoms with Crippen molar-refractivity contribution >= 4 is 45.9 Å². The first-order valence-corrected chi connectivity index (χ1v) is 16.5. The van der Waals surface area contributed by atoms with Crippen molar-refractivity contribution in [3.8, 4) is 0 Å². The number of aryl methyl sites for hydroxylation is 1. The number of anilines is 1. The second-order valence-electron chi connectivity index (χ2n) is 13.9. The SMILES string of the molecule is Cn1cc(C(=O)Nc2cc(F)c(CC(=O)C(O[C@H]3CC[C@H](C(=O)O)CC3)(N3CCCC3)N3CC(C)(C)C3)cc2Cl)c2ccccc21. The summed E-state index contributed by atoms with van der Waals surface area (Å²) in [6.07, 6.45) is 5.10. The molecule has 3 aliphatic rings. The van der Waals surface area contributed by atoms with E-state index in [0.29, 0.717) is 57.4 Å². The van der Waals surface area contributed by atoms with Crippen molar-refractivity contribution in [3.05, 3.63) is 64.6 Å². The maximum absolute atomic E-state index is 15.8. The van der Waals surface area contributed by atoms with Gasteiger partial charge in [-0.05, 0) is 67.7 Å². The first-order valence-electron chi connectivity index (χ1n) is 16.2. The zero-order valence-corrected chi connectivity index (χ0v) is 27.4. The summed E-state index contributed by atoms with van der Waals surface area (Å²) in [5, 5.41) is 13.2. The van der Waals surface area contributed by atoms with E-state index in [4.69, 9.17) is 16.3 Å². The Hall–Kier alpha value is -3.31. The van der Waals surface area contributed by atoms with Gasteiger partial charge in [0, 0.05) is 56.7 Å². The number of ketones is 1. The van der Waals surface area contributed by atoms with Crippen LogP contribution in [0.25, 0.3) is 10.9 Å². The molecule has 9 nitrogen and oxygen atoms in total. The van der Waals surface area contributed by atoms with Gasteiger partial charge in [0.05, 0.1) is 28.3 Å². The van der Waals surface area contributed by atoms with Crippen LogP contribution in [0, 0.1) is 17.2 Å². The van der Waals surface area contributed by atoms with Gasteiger partial charge in [-0.3, -0.25) is 24.2 Å². The summed E-state index contributed by atoms with van der Waals surface area (Å²) in [4.78, 5) is 43.6. The molecule has 2 aliphatic heterocycles. The van der Waals surface area contributed by atoms with E-state index < -0.39 is 29.5 Å². The summed E-state index contributed by atoms with van der Waals surface area (Å²) >= 11 is 6.62. The molecule has 0 bridgehead atoms. The number of Topliss-reactive ketones (excluding diaryl/α,β-unsaturated/α-hetero) is 1. The molecule has 3 heterocycles. The highest BCUT2D eigenvalue weighted by molar-refractivity contribution is 6.34. The molecular weight excluding hydrogens is 611 g/mol. The van der Waals surface area contributed by atoms with Gasteiger partial charge in [0.2, 0.25) is 5.85 Å². The van der Waals surface area contributed by atoms with E-state index in [1.54, 1.807) is 6.20 Å². The Morgan fingerprint density at radius 3 is 2.39 bits per heavy atom. The van der Waals surface area contributed by atoms with Crippen molar-refractivity contribution in [2.45, 2.75) is 70.7 Å². The quantitative estimate of drug-likeness (QED) is 0.273. The summed E-state index contributed by atoms with van der Waals surface area (Å²) in [5.74, 6) is -3.92. The van der Waals surface area contributed by atoms with Gasteiger partial charge in [-0.25, -0.2) is 4.39 Å². The lowest BCUT2D eigenvalue weighted by Gasteiger charge is -2.58. The van der Waals surface area contributed by atoms with Gasteiger partial charge in [0.25, 0.3) is 5.91 Å². The minimum absolute atomic E-state index is 0.00588. The van der Waals surface area contributed by atoms with Crippen molar-refractivity contribution in [1.29, 1.82) is 0 Å². The summed E-state index contributed by atoms with van der Waals surface area (Å²) in [6, 6.07) is 10.1. The Balaban J connectivity index is 1.26. The summed E-state index contributed by atoms with van der Waals surface area (Å²) in [7, 11) is 1.85. The smallest absolute Gasteiger partial charge is 0.306 e. The lowest BCUT2D eigenvalue weighted by molar-refractivity contribution is -0.284. The monoisotopic (exact) mass is 652 g/mol. The summed E-state index contributed by atoms with van der Waals surface area (Å²) in [5.41, 5.74) is 1.57. The molecule has 3 aromatic rings. The molecular formula is C35H42ClFN4O5. The molecule has 1 unspecified atom stereocenters. The first kappa shape index (κ1) is 32.6. The van der Waals surface area contributed by atoms with Crippen molar-refractivity contribution < 1.29 is 28.6 Å². The average molecular weight is 653 g/mol. The number of rotatable bonds is 10. The molecule has 1 atom stereocenters. The number of ether oxygens (including phenoxy) is 1. The molecule has 1 aliphatic carbocycles. The largest absolute Gasteiger partial charge is 0.481 e. The molecule has 11 heteroatoms. The molecule has 0 spiro atoms. The standard InChI is InChI=1S/C35H42ClFN4O5/c1-34(2)20-41(21-34)35(40-14-6-7-15-40,46-24-12-10-22(11-13-24)33(44)45)31(42)17-23-16-27(36)29(18-28(23)37)38-32(43)26-19-39(3)30-9-5-4-8-25(26)30/h4-5,8-9,16,18-19,22,24H,6-7,10-15,17,20-21H2,1-3H3,(H,38,43)(H,44,45)/t22-,24-,35?. The van der Waals surface area contributed by atoms with Gasteiger partial charge in [-0.15, -0.1) is 0 Å². The molecule has 2 N–H and O–H groups in total. The third-order valence-corrected chi connectivity index (χ3v) is 10.1. The van der Waals surface area contributed by atoms with Crippen LogP contribution in [0.3, 0.4) is 0 Å². The molecule has 6 rings (SSSR count). The van der Waals surface area contributed by atoms with Gasteiger partial charge < -0.3 is 19.7 Å². The summed E-state index contributed by atoms with van der Waals surface area (Å²) in [6.45, 7) is 6.92. The van der Waals surface area contributed by atoms with Gasteiger partial charge in [0.1, 0.15) is 5.82 Å². The Morgan fingerprint density at radius 1 is 1.07 bits per heavy atom. The fourth-order valence-corrected chi connectivity index (χ4v) is 7.70. The van der Waals surface area contributed by atoms with E-state index in [0.717, 1.165) is 23.7 Å². The first-order chi connectivity index (χ1) is 21.9. The minimum atomic E-state index is -1.38. The third-order valence-electron chi connectivity index (χ3n) is 9.80. The van der Waals surface area contributed by atoms with Crippen LogP contribution in [0.1, 0.15) is 68.3 Å². The number of carboxylic acids is 1. The van der Waals surface area contributed by atoms with E-state index in [1.807, 2.05) is 35.9 Å². The summed E-state index contributed by atoms with van der Waals surface area (Å²) < 4.78 is 24.5. The lowest BCUT2D eigenvalue weighted by atomic mass is 9.82. The minimum Gasteiger partial charge on any atom is -0.481 e. The second-order valence-corrected chi connectivity index (χ2v) is 14.3. The van der Waals surface area contributed by atoms with Crippen LogP contribution >= 0.6 is 11.6 Å². The number of likely N-dealkylation sites (tertiary alicyclic amines) is 2. The number of carbonyl (C=O) groups is 3. The Morgan fingerprint density at radius 2 is 1.74 bits per heavy atom. The van der Waals surface area contributed by atoms with Crippen LogP contribution in [0.2, 0.25) is 5.02 Å². The number of nitrogens with zero attached hydrogens (tertiary/aromatic N) is 3. The molecule has 46 heavy (non-hydrogen) atoms. The molecule has 3 fully saturated rings. The van der Waals surface area contributed by atoms with Crippen molar-refractivity contribution in [2.24, 2.45) is 18.4 Å². The Bertz CT molecular complexity index is 1650. The van der Waals surface area contributed by atoms with Gasteiger partial charge in [0.15, 0.2) is 5.78 Å². The van der Waals surface area contributed by atoms with Crippen molar-refractivity contribution in [3.63, 3.8) is 0 Å². The number of fused-ring (bicyclic) bond motifs is 1. The van der Waals surface area contributed by atoms with Gasteiger partial charge >= 0.3 is 5.97 Å². The molecule has 1 aromatic heterocycles. The zero-order valence-electron chi connectivity index (χ0n) is 26.7. The topological polar surface area (TPSA) is 104 Å². The molecule has 2 aromatic carbocycles. The third kappa shape index (κ3) is 6.20. The Labute approximate surface area is 273 Å². The molecule has 1 saturated carbocycles. The second kappa shape index (κ2) is 12.7. The van der Waals surface area contributed by atoms with E-state index in [2.05, 4.69) is 29.0 Å². The highest BCUT2D eigenvalue weighted by Crippen LogP contribution is 2.42. The molecule has 2 saturated heterocycles.